The van der Waals surface area contributed by atoms with E-state index in [-0.39, 0.29) is 43.9 Å². The fourth-order valence-electron chi connectivity index (χ4n) is 2.59. The van der Waals surface area contributed by atoms with Crippen molar-refractivity contribution in [3.63, 3.8) is 0 Å². The van der Waals surface area contributed by atoms with Gasteiger partial charge >= 0.3 is 11.9 Å². The molecule has 0 heterocycles. The summed E-state index contributed by atoms with van der Waals surface area (Å²) in [6, 6.07) is 0. The summed E-state index contributed by atoms with van der Waals surface area (Å²) < 4.78 is 4.79. The van der Waals surface area contributed by atoms with Crippen LogP contribution in [-0.2, 0) is 28.7 Å². The highest BCUT2D eigenvalue weighted by Crippen LogP contribution is 2.12. The van der Waals surface area contributed by atoms with Gasteiger partial charge in [-0.3, -0.25) is 24.0 Å². The number of carbonyl (C=O) groups is 5. The molecular weight excluding hydrogens is 402 g/mol. The third kappa shape index (κ3) is 19.6. The summed E-state index contributed by atoms with van der Waals surface area (Å²) in [6.45, 7) is 10.4. The predicted octanol–water partition coefficient (Wildman–Crippen LogP) is 3.49. The second kappa shape index (κ2) is 21.2. The Kier molecular flexibility index (Phi) is 21.2. The fraction of sp³-hybridized carbons (Fsp3) is 0.783. The van der Waals surface area contributed by atoms with E-state index in [9.17, 15) is 24.0 Å². The van der Waals surface area contributed by atoms with Crippen molar-refractivity contribution in [3.8, 4) is 0 Å². The van der Waals surface area contributed by atoms with E-state index in [0.717, 1.165) is 0 Å². The molecule has 0 rings (SSSR count). The molecule has 2 N–H and O–H groups in total. The average Bonchev–Trinajstić information content (AvgIpc) is 2.71. The molecule has 0 aromatic heterocycles. The van der Waals surface area contributed by atoms with Crippen LogP contribution in [0, 0.1) is 5.92 Å². The number of aliphatic carboxylic acids is 1. The number of hydrogen-bond donors (Lipinski definition) is 2. The van der Waals surface area contributed by atoms with E-state index in [1.807, 2.05) is 0 Å². The normalized spacial score (nSPS) is 11.1. The van der Waals surface area contributed by atoms with Crippen molar-refractivity contribution in [1.29, 1.82) is 0 Å². The molecule has 0 spiro atoms. The lowest BCUT2D eigenvalue weighted by atomic mass is 9.96. The van der Waals surface area contributed by atoms with Gasteiger partial charge in [-0.05, 0) is 39.3 Å². The number of ether oxygens (including phenoxy) is 1. The Morgan fingerprint density at radius 2 is 1.32 bits per heavy atom. The van der Waals surface area contributed by atoms with Gasteiger partial charge in [-0.1, -0.05) is 33.6 Å². The van der Waals surface area contributed by atoms with E-state index in [0.29, 0.717) is 6.42 Å². The molecule has 0 fully saturated rings. The Morgan fingerprint density at radius 1 is 0.806 bits per heavy atom. The number of carboxylic acid groups (broad SMARTS) is 1. The Morgan fingerprint density at radius 3 is 1.77 bits per heavy atom. The molecule has 0 bridgehead atoms. The van der Waals surface area contributed by atoms with Gasteiger partial charge in [0.05, 0.1) is 6.61 Å². The van der Waals surface area contributed by atoms with Crippen LogP contribution in [-0.4, -0.2) is 54.1 Å². The van der Waals surface area contributed by atoms with Gasteiger partial charge in [-0.2, -0.15) is 0 Å². The minimum Gasteiger partial charge on any atom is -0.481 e. The first-order valence-corrected chi connectivity index (χ1v) is 11.4. The highest BCUT2D eigenvalue weighted by molar-refractivity contribution is 6.00. The van der Waals surface area contributed by atoms with Crippen LogP contribution in [0.1, 0.15) is 91.9 Å². The fourth-order valence-corrected chi connectivity index (χ4v) is 2.59. The van der Waals surface area contributed by atoms with Gasteiger partial charge in [-0.25, -0.2) is 0 Å². The molecule has 0 amide bonds. The van der Waals surface area contributed by atoms with Gasteiger partial charge in [0.15, 0.2) is 0 Å². The first-order chi connectivity index (χ1) is 14.7. The van der Waals surface area contributed by atoms with Crippen molar-refractivity contribution >= 4 is 29.3 Å². The third-order valence-electron chi connectivity index (χ3n) is 4.46. The van der Waals surface area contributed by atoms with Crippen molar-refractivity contribution < 1.29 is 33.8 Å². The number of nitrogens with one attached hydrogen (secondary N) is 1. The molecule has 0 aliphatic carbocycles. The molecular formula is C23H41NO7. The van der Waals surface area contributed by atoms with Crippen LogP contribution in [0.15, 0.2) is 0 Å². The third-order valence-corrected chi connectivity index (χ3v) is 4.46. The summed E-state index contributed by atoms with van der Waals surface area (Å²) >= 11 is 0. The van der Waals surface area contributed by atoms with Crippen molar-refractivity contribution in [2.75, 3.05) is 19.7 Å². The van der Waals surface area contributed by atoms with Gasteiger partial charge in [-0.15, -0.1) is 0 Å². The van der Waals surface area contributed by atoms with Gasteiger partial charge in [0, 0.05) is 25.7 Å². The van der Waals surface area contributed by atoms with Crippen LogP contribution in [0.25, 0.3) is 0 Å². The average molecular weight is 444 g/mol. The number of esters is 1. The van der Waals surface area contributed by atoms with Crippen LogP contribution < -0.4 is 5.32 Å². The number of rotatable bonds is 18. The molecule has 8 heteroatoms. The zero-order chi connectivity index (χ0) is 24.1. The van der Waals surface area contributed by atoms with Gasteiger partial charge < -0.3 is 15.2 Å². The zero-order valence-corrected chi connectivity index (χ0v) is 19.7. The maximum Gasteiger partial charge on any atom is 0.316 e. The summed E-state index contributed by atoms with van der Waals surface area (Å²) in [5.74, 6) is -3.85. The quantitative estimate of drug-likeness (QED) is 0.187. The zero-order valence-electron chi connectivity index (χ0n) is 19.7. The lowest BCUT2D eigenvalue weighted by molar-refractivity contribution is -0.152. The number of hydrogen-bond acceptors (Lipinski definition) is 7. The van der Waals surface area contributed by atoms with Crippen LogP contribution in [0.4, 0.5) is 0 Å². The Labute approximate surface area is 186 Å². The SMILES string of the molecule is CCCCNCCCC.CCOC(=O)C(CC)C(=O)CCC(=O)CCC(=O)CC(=O)O. The minimum atomic E-state index is -1.23. The van der Waals surface area contributed by atoms with E-state index in [4.69, 9.17) is 9.84 Å². The van der Waals surface area contributed by atoms with Gasteiger partial charge in [0.1, 0.15) is 29.7 Å². The second-order valence-corrected chi connectivity index (χ2v) is 7.28. The lowest BCUT2D eigenvalue weighted by Crippen LogP contribution is -2.26. The maximum absolute atomic E-state index is 11.9. The second-order valence-electron chi connectivity index (χ2n) is 7.28. The highest BCUT2D eigenvalue weighted by Gasteiger charge is 2.26. The molecule has 0 saturated heterocycles. The summed E-state index contributed by atoms with van der Waals surface area (Å²) in [5.41, 5.74) is 0. The maximum atomic E-state index is 11.9. The molecule has 8 nitrogen and oxygen atoms in total. The largest absolute Gasteiger partial charge is 0.481 e. The topological polar surface area (TPSA) is 127 Å². The number of carboxylic acids is 1. The van der Waals surface area contributed by atoms with Gasteiger partial charge in [0.2, 0.25) is 0 Å². The van der Waals surface area contributed by atoms with Crippen molar-refractivity contribution in [2.45, 2.75) is 91.9 Å². The predicted molar refractivity (Wildman–Crippen MR) is 119 cm³/mol. The van der Waals surface area contributed by atoms with Crippen LogP contribution >= 0.6 is 0 Å². The Bertz CT molecular complexity index is 540. The summed E-state index contributed by atoms with van der Waals surface area (Å²) in [6.07, 6.45) is 4.59. The summed E-state index contributed by atoms with van der Waals surface area (Å²) in [4.78, 5) is 56.5. The van der Waals surface area contributed by atoms with Crippen LogP contribution in [0.3, 0.4) is 0 Å². The van der Waals surface area contributed by atoms with Crippen LogP contribution in [0.2, 0.25) is 0 Å². The first-order valence-electron chi connectivity index (χ1n) is 11.4. The van der Waals surface area contributed by atoms with Crippen molar-refractivity contribution in [3.05, 3.63) is 0 Å². The van der Waals surface area contributed by atoms with Gasteiger partial charge in [0.25, 0.3) is 0 Å². The van der Waals surface area contributed by atoms with E-state index in [2.05, 4.69) is 19.2 Å². The molecule has 0 radical (unpaired) electrons. The monoisotopic (exact) mass is 443 g/mol. The molecule has 0 aromatic rings. The Balaban J connectivity index is 0. The van der Waals surface area contributed by atoms with Crippen molar-refractivity contribution in [1.82, 2.24) is 5.32 Å². The molecule has 0 aliphatic heterocycles. The molecule has 0 saturated carbocycles. The summed E-state index contributed by atoms with van der Waals surface area (Å²) in [5, 5.41) is 11.8. The molecule has 1 atom stereocenters. The highest BCUT2D eigenvalue weighted by atomic mass is 16.5. The summed E-state index contributed by atoms with van der Waals surface area (Å²) in [7, 11) is 0. The number of Topliss-reactive ketones (excluding diaryl/α,β-unsaturated/α-hetero) is 3. The number of carbonyl (C=O) groups excluding carboxylic acids is 4. The van der Waals surface area contributed by atoms with E-state index < -0.39 is 30.1 Å². The molecule has 31 heavy (non-hydrogen) atoms. The minimum absolute atomic E-state index is 0.0604. The van der Waals surface area contributed by atoms with E-state index in [1.54, 1.807) is 13.8 Å². The molecule has 0 aliphatic rings. The lowest BCUT2D eigenvalue weighted by Gasteiger charge is -2.11. The number of unbranched alkanes of at least 4 members (excludes halogenated alkanes) is 2. The standard InChI is InChI=1S/C15H22O7.C8H19N/c1-3-12(15(21)22-4-2)13(18)8-7-10(16)5-6-11(17)9-14(19)20;1-3-5-7-9-8-6-4-2/h12H,3-9H2,1-2H3,(H,19,20);9H,3-8H2,1-2H3. The van der Waals surface area contributed by atoms with E-state index >= 15 is 0 Å². The smallest absolute Gasteiger partial charge is 0.316 e. The van der Waals surface area contributed by atoms with E-state index in [1.165, 1.54) is 38.8 Å². The first kappa shape index (κ1) is 31.1. The molecule has 180 valence electrons. The van der Waals surface area contributed by atoms with Crippen molar-refractivity contribution in [2.24, 2.45) is 5.92 Å². The van der Waals surface area contributed by atoms with Crippen LogP contribution in [0.5, 0.6) is 0 Å². The Hall–Kier alpha value is -2.09. The number of ketones is 3. The molecule has 1 unspecified atom stereocenters. The molecule has 0 aromatic carbocycles.